The molecule has 1 heterocycles. The highest BCUT2D eigenvalue weighted by atomic mass is 32.2. The highest BCUT2D eigenvalue weighted by Crippen LogP contribution is 2.47. The van der Waals surface area contributed by atoms with Gasteiger partial charge in [0.2, 0.25) is 0 Å². The second-order valence-electron chi connectivity index (χ2n) is 6.91. The quantitative estimate of drug-likeness (QED) is 0.526. The molecule has 1 aliphatic heterocycles. The average molecular weight is 366 g/mol. The van der Waals surface area contributed by atoms with Gasteiger partial charge in [0.15, 0.2) is 0 Å². The van der Waals surface area contributed by atoms with Gasteiger partial charge in [0, 0.05) is 4.90 Å². The molecule has 0 saturated carbocycles. The predicted molar refractivity (Wildman–Crippen MR) is 114 cm³/mol. The molecule has 2 aromatic carbocycles. The molecule has 1 aliphatic rings. The van der Waals surface area contributed by atoms with E-state index in [1.54, 1.807) is 23.5 Å². The average Bonchev–Trinajstić information content (AvgIpc) is 2.60. The molecule has 0 spiro atoms. The Morgan fingerprint density at radius 2 is 1.76 bits per heavy atom. The van der Waals surface area contributed by atoms with Gasteiger partial charge < -0.3 is 0 Å². The first kappa shape index (κ1) is 18.1. The summed E-state index contributed by atoms with van der Waals surface area (Å²) in [4.78, 5) is 7.33. The van der Waals surface area contributed by atoms with Crippen LogP contribution < -0.4 is 0 Å². The lowest BCUT2D eigenvalue weighted by atomic mass is 9.85. The molecule has 0 atom stereocenters. The van der Waals surface area contributed by atoms with Crippen LogP contribution in [0.15, 0.2) is 87.0 Å². The zero-order valence-electron chi connectivity index (χ0n) is 15.0. The zero-order chi connectivity index (χ0) is 17.9. The van der Waals surface area contributed by atoms with E-state index >= 15 is 0 Å². The van der Waals surface area contributed by atoms with Crippen molar-refractivity contribution in [1.29, 1.82) is 0 Å². The number of hydrogen-bond donors (Lipinski definition) is 0. The number of aryl methyl sites for hydroxylation is 1. The highest BCUT2D eigenvalue weighted by molar-refractivity contribution is 8.17. The number of thioether (sulfide) groups is 2. The molecule has 2 aromatic rings. The van der Waals surface area contributed by atoms with Gasteiger partial charge in [-0.2, -0.15) is 0 Å². The summed E-state index contributed by atoms with van der Waals surface area (Å²) < 4.78 is 0. The normalized spacial score (nSPS) is 20.2. The molecule has 3 heteroatoms. The fourth-order valence-corrected chi connectivity index (χ4v) is 4.39. The summed E-state index contributed by atoms with van der Waals surface area (Å²) in [7, 11) is 0. The first-order chi connectivity index (χ1) is 11.9. The van der Waals surface area contributed by atoms with E-state index in [-0.39, 0.29) is 5.41 Å². The molecule has 1 fully saturated rings. The number of hydrogen-bond acceptors (Lipinski definition) is 3. The molecule has 0 amide bonds. The highest BCUT2D eigenvalue weighted by Gasteiger charge is 2.32. The maximum atomic E-state index is 4.91. The van der Waals surface area contributed by atoms with Crippen molar-refractivity contribution in [3.05, 3.63) is 82.6 Å². The van der Waals surface area contributed by atoms with E-state index in [1.807, 2.05) is 6.07 Å². The van der Waals surface area contributed by atoms with Gasteiger partial charge in [0.05, 0.1) is 5.69 Å². The predicted octanol–water partition coefficient (Wildman–Crippen LogP) is 7.38. The summed E-state index contributed by atoms with van der Waals surface area (Å²) in [6.07, 6.45) is 0.962. The summed E-state index contributed by atoms with van der Waals surface area (Å²) in [6.45, 7) is 10.9. The van der Waals surface area contributed by atoms with E-state index < -0.39 is 0 Å². The standard InChI is InChI=1S/C22H23NS2/c1-16-10-12-19(13-11-16)23-21-18(14-22(3,4)17(2)25-21)15-24-20-8-6-5-7-9-20/h5-13,15H,2,14H2,1,3-4H3/b18-15+,23-21-. The molecule has 3 rings (SSSR count). The smallest absolute Gasteiger partial charge is 0.105 e. The number of benzene rings is 2. The molecule has 25 heavy (non-hydrogen) atoms. The number of allylic oxidation sites excluding steroid dienone is 1. The van der Waals surface area contributed by atoms with E-state index in [2.05, 4.69) is 81.3 Å². The Balaban J connectivity index is 1.92. The molecular weight excluding hydrogens is 342 g/mol. The van der Waals surface area contributed by atoms with Crippen molar-refractivity contribution in [2.24, 2.45) is 10.4 Å². The van der Waals surface area contributed by atoms with Gasteiger partial charge in [0.25, 0.3) is 0 Å². The van der Waals surface area contributed by atoms with Crippen LogP contribution in [0, 0.1) is 12.3 Å². The van der Waals surface area contributed by atoms with Crippen LogP contribution in [0.5, 0.6) is 0 Å². The third kappa shape index (κ3) is 4.68. The minimum Gasteiger partial charge on any atom is -0.241 e. The van der Waals surface area contributed by atoms with Crippen LogP contribution in [0.25, 0.3) is 0 Å². The van der Waals surface area contributed by atoms with Crippen LogP contribution in [0.4, 0.5) is 5.69 Å². The second kappa shape index (κ2) is 7.67. The van der Waals surface area contributed by atoms with Crippen molar-refractivity contribution in [2.45, 2.75) is 32.1 Å². The largest absolute Gasteiger partial charge is 0.241 e. The molecule has 0 bridgehead atoms. The van der Waals surface area contributed by atoms with E-state index in [0.717, 1.165) is 17.2 Å². The van der Waals surface area contributed by atoms with Crippen molar-refractivity contribution < 1.29 is 0 Å². The lowest BCUT2D eigenvalue weighted by Crippen LogP contribution is -2.22. The lowest BCUT2D eigenvalue weighted by Gasteiger charge is -2.33. The summed E-state index contributed by atoms with van der Waals surface area (Å²) in [6, 6.07) is 18.8. The number of aliphatic imine (C=N–C) groups is 1. The molecule has 0 aromatic heterocycles. The van der Waals surface area contributed by atoms with Gasteiger partial charge in [-0.1, -0.05) is 79.8 Å². The molecule has 0 unspecified atom stereocenters. The molecule has 128 valence electrons. The third-order valence-electron chi connectivity index (χ3n) is 4.23. The SMILES string of the molecule is C=C1SC(=N\c2ccc(C)cc2)/C(=C/Sc2ccccc2)CC1(C)C. The van der Waals surface area contributed by atoms with Crippen molar-refractivity contribution in [2.75, 3.05) is 0 Å². The maximum Gasteiger partial charge on any atom is 0.105 e. The molecule has 0 radical (unpaired) electrons. The van der Waals surface area contributed by atoms with E-state index in [9.17, 15) is 0 Å². The summed E-state index contributed by atoms with van der Waals surface area (Å²) in [5.41, 5.74) is 3.62. The fraction of sp³-hybridized carbons (Fsp3) is 0.227. The first-order valence-electron chi connectivity index (χ1n) is 8.38. The van der Waals surface area contributed by atoms with Crippen LogP contribution in [0.3, 0.4) is 0 Å². The van der Waals surface area contributed by atoms with Crippen LogP contribution in [-0.2, 0) is 0 Å². The second-order valence-corrected chi connectivity index (χ2v) is 8.94. The van der Waals surface area contributed by atoms with Gasteiger partial charge >= 0.3 is 0 Å². The Morgan fingerprint density at radius 1 is 1.08 bits per heavy atom. The zero-order valence-corrected chi connectivity index (χ0v) is 16.6. The molecule has 1 saturated heterocycles. The monoisotopic (exact) mass is 365 g/mol. The van der Waals surface area contributed by atoms with Crippen molar-refractivity contribution in [3.63, 3.8) is 0 Å². The van der Waals surface area contributed by atoms with Crippen molar-refractivity contribution >= 4 is 34.3 Å². The first-order valence-corrected chi connectivity index (χ1v) is 10.1. The van der Waals surface area contributed by atoms with Crippen molar-refractivity contribution in [1.82, 2.24) is 0 Å². The Morgan fingerprint density at radius 3 is 2.44 bits per heavy atom. The summed E-state index contributed by atoms with van der Waals surface area (Å²) in [5.74, 6) is 0. The number of nitrogens with zero attached hydrogens (tertiary/aromatic N) is 1. The molecule has 0 aliphatic carbocycles. The third-order valence-corrected chi connectivity index (χ3v) is 6.52. The van der Waals surface area contributed by atoms with Gasteiger partial charge in [-0.25, -0.2) is 4.99 Å². The molecule has 1 nitrogen and oxygen atoms in total. The molecular formula is C22H23NS2. The lowest BCUT2D eigenvalue weighted by molar-refractivity contribution is 0.472. The minimum absolute atomic E-state index is 0.0834. The topological polar surface area (TPSA) is 12.4 Å². The summed E-state index contributed by atoms with van der Waals surface area (Å²) in [5, 5.41) is 3.32. The Labute approximate surface area is 159 Å². The van der Waals surface area contributed by atoms with E-state index in [1.165, 1.54) is 20.9 Å². The summed E-state index contributed by atoms with van der Waals surface area (Å²) >= 11 is 3.47. The number of rotatable bonds is 3. The van der Waals surface area contributed by atoms with Crippen LogP contribution in [-0.4, -0.2) is 5.04 Å². The fourth-order valence-electron chi connectivity index (χ4n) is 2.53. The Hall–Kier alpha value is -1.71. The van der Waals surface area contributed by atoms with E-state index in [0.29, 0.717) is 0 Å². The van der Waals surface area contributed by atoms with Crippen LogP contribution in [0.1, 0.15) is 25.8 Å². The Kier molecular flexibility index (Phi) is 5.55. The van der Waals surface area contributed by atoms with Gasteiger partial charge in [-0.05, 0) is 58.9 Å². The molecule has 0 N–H and O–H groups in total. The van der Waals surface area contributed by atoms with E-state index in [4.69, 9.17) is 4.99 Å². The maximum absolute atomic E-state index is 4.91. The van der Waals surface area contributed by atoms with Gasteiger partial charge in [-0.3, -0.25) is 0 Å². The van der Waals surface area contributed by atoms with Crippen molar-refractivity contribution in [3.8, 4) is 0 Å². The van der Waals surface area contributed by atoms with Crippen LogP contribution >= 0.6 is 23.5 Å². The Bertz CT molecular complexity index is 815. The minimum atomic E-state index is 0.0834. The van der Waals surface area contributed by atoms with Crippen LogP contribution in [0.2, 0.25) is 0 Å². The van der Waals surface area contributed by atoms with Gasteiger partial charge in [0.1, 0.15) is 5.04 Å². The van der Waals surface area contributed by atoms with Gasteiger partial charge in [-0.15, -0.1) is 0 Å².